The van der Waals surface area contributed by atoms with Gasteiger partial charge in [0.2, 0.25) is 0 Å². The van der Waals surface area contributed by atoms with Gasteiger partial charge in [0, 0.05) is 28.6 Å². The van der Waals surface area contributed by atoms with Gasteiger partial charge in [0.25, 0.3) is 11.8 Å². The second-order valence-corrected chi connectivity index (χ2v) is 8.51. The number of anilines is 1. The molecular formula is C20H18Br2N2O3. The molecule has 1 fully saturated rings. The van der Waals surface area contributed by atoms with Crippen LogP contribution in [0.4, 0.5) is 5.69 Å². The Morgan fingerprint density at radius 3 is 2.85 bits per heavy atom. The summed E-state index contributed by atoms with van der Waals surface area (Å²) < 4.78 is 7.34. The van der Waals surface area contributed by atoms with Crippen molar-refractivity contribution in [1.29, 1.82) is 0 Å². The summed E-state index contributed by atoms with van der Waals surface area (Å²) in [4.78, 5) is 27.6. The molecule has 2 aromatic carbocycles. The summed E-state index contributed by atoms with van der Waals surface area (Å²) >= 11 is 6.84. The Hall–Kier alpha value is -1.70. The maximum absolute atomic E-state index is 12.9. The van der Waals surface area contributed by atoms with Crippen LogP contribution in [-0.4, -0.2) is 36.0 Å². The first-order valence-electron chi connectivity index (χ1n) is 8.82. The Balaban J connectivity index is 1.56. The molecule has 2 amide bonds. The van der Waals surface area contributed by atoms with Crippen LogP contribution in [-0.2, 0) is 11.3 Å². The van der Waals surface area contributed by atoms with Crippen LogP contribution in [0.3, 0.4) is 0 Å². The first-order valence-corrected chi connectivity index (χ1v) is 10.4. The molecule has 1 atom stereocenters. The molecule has 2 aliphatic heterocycles. The van der Waals surface area contributed by atoms with Gasteiger partial charge in [-0.05, 0) is 58.6 Å². The highest BCUT2D eigenvalue weighted by Gasteiger charge is 2.33. The number of hydrogen-bond donors (Lipinski definition) is 1. The molecule has 0 bridgehead atoms. The molecular weight excluding hydrogens is 476 g/mol. The van der Waals surface area contributed by atoms with Crippen molar-refractivity contribution in [3.05, 3.63) is 62.0 Å². The number of benzene rings is 2. The highest BCUT2D eigenvalue weighted by atomic mass is 79.9. The average Bonchev–Trinajstić information content (AvgIpc) is 3.26. The Kier molecular flexibility index (Phi) is 5.34. The Labute approximate surface area is 174 Å². The monoisotopic (exact) mass is 492 g/mol. The van der Waals surface area contributed by atoms with Gasteiger partial charge in [-0.25, -0.2) is 0 Å². The molecule has 1 unspecified atom stereocenters. The van der Waals surface area contributed by atoms with Crippen LogP contribution in [0, 0.1) is 0 Å². The van der Waals surface area contributed by atoms with Crippen LogP contribution in [0.2, 0.25) is 0 Å². The van der Waals surface area contributed by atoms with E-state index in [2.05, 4.69) is 37.2 Å². The van der Waals surface area contributed by atoms with E-state index < -0.39 is 0 Å². The standard InChI is InChI=1S/C20H18Br2N2O3/c21-13-6-7-17(16(22)9-13)23-19(25)15-5-1-3-12-10-24(20(26)18(12)15)11-14-4-2-8-27-14/h1,3,5-7,9,14H,2,4,8,10-11H2,(H,23,25). The van der Waals surface area contributed by atoms with Gasteiger partial charge < -0.3 is 15.0 Å². The van der Waals surface area contributed by atoms with Crippen molar-refractivity contribution >= 4 is 49.4 Å². The molecule has 1 N–H and O–H groups in total. The van der Waals surface area contributed by atoms with E-state index in [9.17, 15) is 9.59 Å². The predicted molar refractivity (Wildman–Crippen MR) is 110 cm³/mol. The molecule has 2 aliphatic rings. The van der Waals surface area contributed by atoms with E-state index in [0.717, 1.165) is 34.0 Å². The smallest absolute Gasteiger partial charge is 0.256 e. The van der Waals surface area contributed by atoms with Crippen molar-refractivity contribution in [3.63, 3.8) is 0 Å². The number of nitrogens with one attached hydrogen (secondary N) is 1. The van der Waals surface area contributed by atoms with Crippen LogP contribution in [0.5, 0.6) is 0 Å². The second kappa shape index (κ2) is 7.73. The van der Waals surface area contributed by atoms with Crippen LogP contribution >= 0.6 is 31.9 Å². The van der Waals surface area contributed by atoms with Crippen LogP contribution < -0.4 is 5.32 Å². The molecule has 0 aliphatic carbocycles. The Morgan fingerprint density at radius 1 is 1.26 bits per heavy atom. The minimum absolute atomic E-state index is 0.0962. The van der Waals surface area contributed by atoms with E-state index in [1.54, 1.807) is 17.0 Å². The summed E-state index contributed by atoms with van der Waals surface area (Å²) in [6, 6.07) is 11.0. The third-order valence-electron chi connectivity index (χ3n) is 4.89. The molecule has 7 heteroatoms. The number of amides is 2. The van der Waals surface area contributed by atoms with Crippen molar-refractivity contribution < 1.29 is 14.3 Å². The Morgan fingerprint density at radius 2 is 2.11 bits per heavy atom. The first kappa shape index (κ1) is 18.7. The predicted octanol–water partition coefficient (Wildman–Crippen LogP) is 4.60. The number of nitrogens with zero attached hydrogens (tertiary/aromatic N) is 1. The van der Waals surface area contributed by atoms with Gasteiger partial charge in [-0.2, -0.15) is 0 Å². The zero-order valence-corrected chi connectivity index (χ0v) is 17.7. The molecule has 2 heterocycles. The molecule has 0 saturated carbocycles. The van der Waals surface area contributed by atoms with E-state index >= 15 is 0 Å². The topological polar surface area (TPSA) is 58.6 Å². The summed E-state index contributed by atoms with van der Waals surface area (Å²) in [6.07, 6.45) is 2.11. The number of carbonyl (C=O) groups excluding carboxylic acids is 2. The summed E-state index contributed by atoms with van der Waals surface area (Å²) in [5.41, 5.74) is 2.45. The number of ether oxygens (including phenoxy) is 1. The minimum atomic E-state index is -0.290. The maximum Gasteiger partial charge on any atom is 0.256 e. The van der Waals surface area contributed by atoms with E-state index in [1.165, 1.54) is 0 Å². The quantitative estimate of drug-likeness (QED) is 0.677. The highest BCUT2D eigenvalue weighted by Crippen LogP contribution is 2.30. The van der Waals surface area contributed by atoms with Crippen LogP contribution in [0.25, 0.3) is 0 Å². The van der Waals surface area contributed by atoms with Gasteiger partial charge in [0.1, 0.15) is 0 Å². The number of carbonyl (C=O) groups is 2. The second-order valence-electron chi connectivity index (χ2n) is 6.74. The number of rotatable bonds is 4. The zero-order chi connectivity index (χ0) is 19.0. The molecule has 5 nitrogen and oxygen atoms in total. The van der Waals surface area contributed by atoms with Crippen molar-refractivity contribution in [3.8, 4) is 0 Å². The van der Waals surface area contributed by atoms with E-state index in [1.807, 2.05) is 24.3 Å². The highest BCUT2D eigenvalue weighted by molar-refractivity contribution is 9.11. The molecule has 140 valence electrons. The Bertz CT molecular complexity index is 910. The zero-order valence-electron chi connectivity index (χ0n) is 14.5. The van der Waals surface area contributed by atoms with Gasteiger partial charge in [-0.1, -0.05) is 28.1 Å². The van der Waals surface area contributed by atoms with Crippen molar-refractivity contribution in [2.24, 2.45) is 0 Å². The van der Waals surface area contributed by atoms with Gasteiger partial charge >= 0.3 is 0 Å². The van der Waals surface area contributed by atoms with Crippen LogP contribution in [0.15, 0.2) is 45.3 Å². The summed E-state index contributed by atoms with van der Waals surface area (Å²) in [7, 11) is 0. The average molecular weight is 494 g/mol. The fourth-order valence-corrected chi connectivity index (χ4v) is 4.72. The lowest BCUT2D eigenvalue weighted by molar-refractivity contribution is 0.0544. The molecule has 2 aromatic rings. The molecule has 0 spiro atoms. The van der Waals surface area contributed by atoms with E-state index in [-0.39, 0.29) is 17.9 Å². The van der Waals surface area contributed by atoms with E-state index in [0.29, 0.717) is 29.9 Å². The van der Waals surface area contributed by atoms with E-state index in [4.69, 9.17) is 4.74 Å². The molecule has 0 radical (unpaired) electrons. The van der Waals surface area contributed by atoms with Crippen molar-refractivity contribution in [1.82, 2.24) is 4.90 Å². The largest absolute Gasteiger partial charge is 0.376 e. The summed E-state index contributed by atoms with van der Waals surface area (Å²) in [6.45, 7) is 1.86. The molecule has 4 rings (SSSR count). The molecule has 0 aromatic heterocycles. The van der Waals surface area contributed by atoms with Gasteiger partial charge in [-0.15, -0.1) is 0 Å². The van der Waals surface area contributed by atoms with Gasteiger partial charge in [0.15, 0.2) is 0 Å². The lowest BCUT2D eigenvalue weighted by Crippen LogP contribution is -2.32. The maximum atomic E-state index is 12.9. The number of halogens is 2. The van der Waals surface area contributed by atoms with Gasteiger partial charge in [0.05, 0.1) is 22.9 Å². The lowest BCUT2D eigenvalue weighted by Gasteiger charge is -2.19. The summed E-state index contributed by atoms with van der Waals surface area (Å²) in [5.74, 6) is -0.386. The summed E-state index contributed by atoms with van der Waals surface area (Å²) in [5, 5.41) is 2.89. The molecule has 27 heavy (non-hydrogen) atoms. The number of hydrogen-bond acceptors (Lipinski definition) is 3. The first-order chi connectivity index (χ1) is 13.0. The SMILES string of the molecule is O=C(Nc1ccc(Br)cc1Br)c1cccc2c1C(=O)N(CC1CCCO1)C2. The lowest BCUT2D eigenvalue weighted by atomic mass is 10.0. The fraction of sp³-hybridized carbons (Fsp3) is 0.300. The van der Waals surface area contributed by atoms with Crippen molar-refractivity contribution in [2.45, 2.75) is 25.5 Å². The van der Waals surface area contributed by atoms with Gasteiger partial charge in [-0.3, -0.25) is 9.59 Å². The van der Waals surface area contributed by atoms with Crippen LogP contribution in [0.1, 0.15) is 39.1 Å². The normalized spacial score (nSPS) is 18.7. The fourth-order valence-electron chi connectivity index (χ4n) is 3.57. The third-order valence-corrected chi connectivity index (χ3v) is 6.03. The third kappa shape index (κ3) is 3.81. The molecule has 1 saturated heterocycles. The minimum Gasteiger partial charge on any atom is -0.376 e. The number of fused-ring (bicyclic) bond motifs is 1. The van der Waals surface area contributed by atoms with Crippen molar-refractivity contribution in [2.75, 3.05) is 18.5 Å².